The van der Waals surface area contributed by atoms with Gasteiger partial charge in [-0.2, -0.15) is 5.10 Å². The highest BCUT2D eigenvalue weighted by atomic mass is 16.2. The van der Waals surface area contributed by atoms with Crippen molar-refractivity contribution in [3.63, 3.8) is 0 Å². The summed E-state index contributed by atoms with van der Waals surface area (Å²) < 4.78 is 2.23. The number of nitrogens with one attached hydrogen (secondary N) is 2. The minimum atomic E-state index is -0.370. The van der Waals surface area contributed by atoms with Crippen molar-refractivity contribution in [3.05, 3.63) is 82.7 Å². The first kappa shape index (κ1) is 19.4. The van der Waals surface area contributed by atoms with Gasteiger partial charge in [0.2, 0.25) is 0 Å². The van der Waals surface area contributed by atoms with Crippen LogP contribution < -0.4 is 10.7 Å². The van der Waals surface area contributed by atoms with Crippen molar-refractivity contribution >= 4 is 17.9 Å². The molecule has 2 amide bonds. The standard InChI is InChI=1S/C23H26N4O/c1-5-19-8-6-7-9-22(19)27-17(3)14-20(18(27)4)15-24-26-23(28)25-21-12-10-16(2)11-13-21/h6-15H,5H2,1-4H3,(H2,25,26,28)/b24-15+. The van der Waals surface area contributed by atoms with Gasteiger partial charge in [0, 0.05) is 28.3 Å². The van der Waals surface area contributed by atoms with Gasteiger partial charge in [0.25, 0.3) is 0 Å². The molecule has 0 unspecified atom stereocenters. The molecule has 0 saturated heterocycles. The monoisotopic (exact) mass is 374 g/mol. The van der Waals surface area contributed by atoms with Crippen LogP contribution in [0.4, 0.5) is 10.5 Å². The van der Waals surface area contributed by atoms with E-state index < -0.39 is 0 Å². The van der Waals surface area contributed by atoms with E-state index in [1.165, 1.54) is 11.3 Å². The SMILES string of the molecule is CCc1ccccc1-n1c(C)cc(/C=N/NC(=O)Nc2ccc(C)cc2)c1C. The van der Waals surface area contributed by atoms with E-state index in [2.05, 4.69) is 71.5 Å². The molecule has 28 heavy (non-hydrogen) atoms. The Labute approximate surface area is 166 Å². The maximum absolute atomic E-state index is 12.0. The number of benzene rings is 2. The van der Waals surface area contributed by atoms with E-state index in [1.807, 2.05) is 31.2 Å². The molecule has 144 valence electrons. The van der Waals surface area contributed by atoms with Gasteiger partial charge in [-0.25, -0.2) is 10.2 Å². The van der Waals surface area contributed by atoms with Gasteiger partial charge in [0.05, 0.1) is 6.21 Å². The zero-order valence-electron chi connectivity index (χ0n) is 16.8. The third-order valence-corrected chi connectivity index (χ3v) is 4.76. The predicted molar refractivity (Wildman–Crippen MR) is 116 cm³/mol. The van der Waals surface area contributed by atoms with Crippen LogP contribution in [0.5, 0.6) is 0 Å². The number of aryl methyl sites for hydroxylation is 3. The Kier molecular flexibility index (Phi) is 5.94. The zero-order valence-corrected chi connectivity index (χ0v) is 16.8. The van der Waals surface area contributed by atoms with Crippen LogP contribution in [0.2, 0.25) is 0 Å². The van der Waals surface area contributed by atoms with E-state index in [1.54, 1.807) is 6.21 Å². The molecule has 3 aromatic rings. The highest BCUT2D eigenvalue weighted by Crippen LogP contribution is 2.23. The third kappa shape index (κ3) is 4.31. The van der Waals surface area contributed by atoms with Crippen molar-refractivity contribution in [2.75, 3.05) is 5.32 Å². The fourth-order valence-corrected chi connectivity index (χ4v) is 3.27. The van der Waals surface area contributed by atoms with Crippen molar-refractivity contribution in [1.29, 1.82) is 0 Å². The second-order valence-electron chi connectivity index (χ2n) is 6.83. The van der Waals surface area contributed by atoms with E-state index in [4.69, 9.17) is 0 Å². The first-order valence-corrected chi connectivity index (χ1v) is 9.43. The van der Waals surface area contributed by atoms with Crippen LogP contribution in [-0.2, 0) is 6.42 Å². The lowest BCUT2D eigenvalue weighted by Crippen LogP contribution is -2.24. The van der Waals surface area contributed by atoms with Crippen LogP contribution in [0.3, 0.4) is 0 Å². The normalized spacial score (nSPS) is 11.0. The molecule has 0 spiro atoms. The largest absolute Gasteiger partial charge is 0.339 e. The summed E-state index contributed by atoms with van der Waals surface area (Å²) in [5, 5.41) is 6.86. The molecule has 0 bridgehead atoms. The highest BCUT2D eigenvalue weighted by molar-refractivity contribution is 5.90. The summed E-state index contributed by atoms with van der Waals surface area (Å²) in [7, 11) is 0. The van der Waals surface area contributed by atoms with Crippen LogP contribution >= 0.6 is 0 Å². The number of carbonyl (C=O) groups excluding carboxylic acids is 1. The number of urea groups is 1. The molecule has 0 radical (unpaired) electrons. The molecule has 2 N–H and O–H groups in total. The Hall–Kier alpha value is -3.34. The number of para-hydroxylation sites is 1. The third-order valence-electron chi connectivity index (χ3n) is 4.76. The molecule has 1 heterocycles. The van der Waals surface area contributed by atoms with E-state index >= 15 is 0 Å². The van der Waals surface area contributed by atoms with E-state index in [0.29, 0.717) is 0 Å². The average molecular weight is 374 g/mol. The average Bonchev–Trinajstić information content (AvgIpc) is 2.97. The molecule has 0 fully saturated rings. The summed E-state index contributed by atoms with van der Waals surface area (Å²) in [6, 6.07) is 17.7. The molecular formula is C23H26N4O. The minimum Gasteiger partial charge on any atom is -0.318 e. The number of anilines is 1. The molecule has 0 saturated carbocycles. The molecule has 5 heteroatoms. The predicted octanol–water partition coefficient (Wildman–Crippen LogP) is 5.12. The molecule has 2 aromatic carbocycles. The van der Waals surface area contributed by atoms with E-state index in [9.17, 15) is 4.79 Å². The minimum absolute atomic E-state index is 0.370. The Morgan fingerprint density at radius 1 is 1.07 bits per heavy atom. The van der Waals surface area contributed by atoms with Gasteiger partial charge in [0.1, 0.15) is 0 Å². The van der Waals surface area contributed by atoms with E-state index in [0.717, 1.165) is 34.6 Å². The van der Waals surface area contributed by atoms with Crippen LogP contribution in [-0.4, -0.2) is 16.8 Å². The van der Waals surface area contributed by atoms with Gasteiger partial charge < -0.3 is 9.88 Å². The number of rotatable bonds is 5. The van der Waals surface area contributed by atoms with Gasteiger partial charge in [-0.3, -0.25) is 0 Å². The van der Waals surface area contributed by atoms with Gasteiger partial charge in [0.15, 0.2) is 0 Å². The molecular weight excluding hydrogens is 348 g/mol. The summed E-state index contributed by atoms with van der Waals surface area (Å²) in [4.78, 5) is 12.0. The number of hydrogen-bond acceptors (Lipinski definition) is 2. The van der Waals surface area contributed by atoms with Gasteiger partial charge >= 0.3 is 6.03 Å². The van der Waals surface area contributed by atoms with Gasteiger partial charge in [-0.1, -0.05) is 42.8 Å². The molecule has 3 rings (SSSR count). The lowest BCUT2D eigenvalue weighted by molar-refractivity contribution is 0.252. The number of hydrazone groups is 1. The molecule has 1 aromatic heterocycles. The summed E-state index contributed by atoms with van der Waals surface area (Å²) >= 11 is 0. The highest BCUT2D eigenvalue weighted by Gasteiger charge is 2.11. The first-order valence-electron chi connectivity index (χ1n) is 9.43. The summed E-state index contributed by atoms with van der Waals surface area (Å²) in [5.41, 5.74) is 10.1. The molecule has 0 aliphatic heterocycles. The smallest absolute Gasteiger partial charge is 0.318 e. The summed E-state index contributed by atoms with van der Waals surface area (Å²) in [6.45, 7) is 8.30. The molecule has 0 aliphatic rings. The zero-order chi connectivity index (χ0) is 20.1. The van der Waals surface area contributed by atoms with Crippen LogP contribution in [0.1, 0.15) is 35.0 Å². The lowest BCUT2D eigenvalue weighted by atomic mass is 10.1. The van der Waals surface area contributed by atoms with Crippen molar-refractivity contribution in [1.82, 2.24) is 9.99 Å². The lowest BCUT2D eigenvalue weighted by Gasteiger charge is -2.13. The van der Waals surface area contributed by atoms with Crippen molar-refractivity contribution < 1.29 is 4.79 Å². The maximum Gasteiger partial charge on any atom is 0.339 e. The molecule has 5 nitrogen and oxygen atoms in total. The maximum atomic E-state index is 12.0. The molecule has 0 atom stereocenters. The second-order valence-corrected chi connectivity index (χ2v) is 6.83. The van der Waals surface area contributed by atoms with Crippen molar-refractivity contribution in [2.45, 2.75) is 34.1 Å². The summed E-state index contributed by atoms with van der Waals surface area (Å²) in [5.74, 6) is 0. The fraction of sp³-hybridized carbons (Fsp3) is 0.217. The van der Waals surface area contributed by atoms with Crippen molar-refractivity contribution in [2.24, 2.45) is 5.10 Å². The van der Waals surface area contributed by atoms with Gasteiger partial charge in [-0.15, -0.1) is 0 Å². The fourth-order valence-electron chi connectivity index (χ4n) is 3.27. The Morgan fingerprint density at radius 3 is 2.50 bits per heavy atom. The Balaban J connectivity index is 1.73. The first-order chi connectivity index (χ1) is 13.5. The number of aromatic nitrogens is 1. The number of nitrogens with zero attached hydrogens (tertiary/aromatic N) is 2. The van der Waals surface area contributed by atoms with Crippen LogP contribution in [0.25, 0.3) is 5.69 Å². The van der Waals surface area contributed by atoms with Crippen molar-refractivity contribution in [3.8, 4) is 5.69 Å². The van der Waals surface area contributed by atoms with Gasteiger partial charge in [-0.05, 0) is 57.0 Å². The molecule has 0 aliphatic carbocycles. The summed E-state index contributed by atoms with van der Waals surface area (Å²) in [6.07, 6.45) is 2.65. The topological polar surface area (TPSA) is 58.4 Å². The number of amides is 2. The second kappa shape index (κ2) is 8.57. The number of carbonyl (C=O) groups is 1. The van der Waals surface area contributed by atoms with Crippen LogP contribution in [0.15, 0.2) is 59.7 Å². The van der Waals surface area contributed by atoms with E-state index in [-0.39, 0.29) is 6.03 Å². The number of hydrogen-bond donors (Lipinski definition) is 2. The van der Waals surface area contributed by atoms with Crippen LogP contribution in [0, 0.1) is 20.8 Å². The quantitative estimate of drug-likeness (QED) is 0.472. The Bertz CT molecular complexity index is 1000. The Morgan fingerprint density at radius 2 is 1.79 bits per heavy atom.